The van der Waals surface area contributed by atoms with Gasteiger partial charge in [-0.05, 0) is 24.1 Å². The molecule has 126 valence electrons. The molecule has 0 bridgehead atoms. The molecule has 1 atom stereocenters. The van der Waals surface area contributed by atoms with Gasteiger partial charge >= 0.3 is 0 Å². The number of imidazole rings is 1. The number of hydrogen-bond donors (Lipinski definition) is 0. The van der Waals surface area contributed by atoms with E-state index in [4.69, 9.17) is 4.74 Å². The highest BCUT2D eigenvalue weighted by Crippen LogP contribution is 2.30. The lowest BCUT2D eigenvalue weighted by molar-refractivity contribution is -0.126. The Kier molecular flexibility index (Phi) is 5.25. The summed E-state index contributed by atoms with van der Waals surface area (Å²) in [7, 11) is 1.66. The molecule has 6 heteroatoms. The molecule has 1 unspecified atom stereocenters. The molecule has 0 saturated carbocycles. The van der Waals surface area contributed by atoms with E-state index in [1.807, 2.05) is 35.4 Å². The van der Waals surface area contributed by atoms with Crippen molar-refractivity contribution in [1.29, 1.82) is 0 Å². The van der Waals surface area contributed by atoms with E-state index in [2.05, 4.69) is 16.1 Å². The van der Waals surface area contributed by atoms with Crippen molar-refractivity contribution in [3.05, 3.63) is 54.9 Å². The standard InChI is InChI=1S/C18H21N3O2S/c1-3-10-20-11-8-16(17(20)22)24-18-19-9-12-21(18)13-14-4-6-15(23-2)7-5-14/h3-7,9,12,16H,1,8,10-11,13H2,2H3. The summed E-state index contributed by atoms with van der Waals surface area (Å²) >= 11 is 1.55. The molecule has 2 heterocycles. The topological polar surface area (TPSA) is 47.4 Å². The Morgan fingerprint density at radius 1 is 1.42 bits per heavy atom. The highest BCUT2D eigenvalue weighted by molar-refractivity contribution is 8.00. The lowest BCUT2D eigenvalue weighted by Crippen LogP contribution is -2.28. The SMILES string of the molecule is C=CCN1CCC(Sc2nccn2Cc2ccc(OC)cc2)C1=O. The maximum atomic E-state index is 12.4. The van der Waals surface area contributed by atoms with Gasteiger partial charge in [-0.3, -0.25) is 4.79 Å². The smallest absolute Gasteiger partial charge is 0.236 e. The van der Waals surface area contributed by atoms with E-state index >= 15 is 0 Å². The molecule has 0 aliphatic carbocycles. The second-order valence-corrected chi connectivity index (χ2v) is 6.82. The lowest BCUT2D eigenvalue weighted by atomic mass is 10.2. The Balaban J connectivity index is 1.67. The van der Waals surface area contributed by atoms with E-state index in [-0.39, 0.29) is 11.2 Å². The molecule has 1 saturated heterocycles. The molecule has 2 aromatic rings. The third-order valence-electron chi connectivity index (χ3n) is 4.03. The minimum atomic E-state index is -0.0537. The summed E-state index contributed by atoms with van der Waals surface area (Å²) in [4.78, 5) is 18.6. The highest BCUT2D eigenvalue weighted by Gasteiger charge is 2.32. The van der Waals surface area contributed by atoms with Crippen LogP contribution in [0.2, 0.25) is 0 Å². The van der Waals surface area contributed by atoms with Crippen LogP contribution in [0.15, 0.2) is 54.5 Å². The molecule has 0 N–H and O–H groups in total. The molecule has 1 fully saturated rings. The fourth-order valence-corrected chi connectivity index (χ4v) is 3.86. The van der Waals surface area contributed by atoms with Gasteiger partial charge < -0.3 is 14.2 Å². The first-order valence-electron chi connectivity index (χ1n) is 7.91. The van der Waals surface area contributed by atoms with Crippen molar-refractivity contribution in [2.24, 2.45) is 0 Å². The first-order valence-corrected chi connectivity index (χ1v) is 8.79. The third-order valence-corrected chi connectivity index (χ3v) is 5.31. The minimum Gasteiger partial charge on any atom is -0.497 e. The molecule has 24 heavy (non-hydrogen) atoms. The zero-order valence-electron chi connectivity index (χ0n) is 13.7. The normalized spacial score (nSPS) is 17.3. The minimum absolute atomic E-state index is 0.0537. The lowest BCUT2D eigenvalue weighted by Gasteiger charge is -2.14. The van der Waals surface area contributed by atoms with Gasteiger partial charge in [-0.1, -0.05) is 30.0 Å². The van der Waals surface area contributed by atoms with Crippen LogP contribution in [-0.2, 0) is 11.3 Å². The van der Waals surface area contributed by atoms with Crippen molar-refractivity contribution in [2.75, 3.05) is 20.2 Å². The molecular formula is C18H21N3O2S. The van der Waals surface area contributed by atoms with E-state index in [9.17, 15) is 4.79 Å². The molecule has 1 aliphatic heterocycles. The second kappa shape index (κ2) is 7.57. The second-order valence-electron chi connectivity index (χ2n) is 5.65. The molecule has 1 aliphatic rings. The van der Waals surface area contributed by atoms with E-state index in [1.54, 1.807) is 31.1 Å². The molecule has 1 amide bonds. The number of carbonyl (C=O) groups excluding carboxylic acids is 1. The zero-order valence-corrected chi connectivity index (χ0v) is 14.5. The van der Waals surface area contributed by atoms with Gasteiger partial charge in [0.05, 0.1) is 12.4 Å². The molecular weight excluding hydrogens is 322 g/mol. The van der Waals surface area contributed by atoms with Crippen molar-refractivity contribution in [2.45, 2.75) is 23.4 Å². The summed E-state index contributed by atoms with van der Waals surface area (Å²) in [6.45, 7) is 5.85. The van der Waals surface area contributed by atoms with Gasteiger partial charge in [0.1, 0.15) is 5.75 Å². The Morgan fingerprint density at radius 2 is 2.21 bits per heavy atom. The van der Waals surface area contributed by atoms with Crippen LogP contribution in [0.1, 0.15) is 12.0 Å². The van der Waals surface area contributed by atoms with Gasteiger partial charge in [-0.2, -0.15) is 0 Å². The van der Waals surface area contributed by atoms with Gasteiger partial charge in [0.2, 0.25) is 5.91 Å². The van der Waals surface area contributed by atoms with Crippen LogP contribution in [0.25, 0.3) is 0 Å². The van der Waals surface area contributed by atoms with Crippen molar-refractivity contribution in [3.8, 4) is 5.75 Å². The average Bonchev–Trinajstić information content (AvgIpc) is 3.18. The van der Waals surface area contributed by atoms with Crippen molar-refractivity contribution in [3.63, 3.8) is 0 Å². The molecule has 3 rings (SSSR count). The Morgan fingerprint density at radius 3 is 2.92 bits per heavy atom. The van der Waals surface area contributed by atoms with Crippen LogP contribution in [0.3, 0.4) is 0 Å². The van der Waals surface area contributed by atoms with Crippen molar-refractivity contribution >= 4 is 17.7 Å². The summed E-state index contributed by atoms with van der Waals surface area (Å²) in [5.74, 6) is 1.02. The molecule has 0 radical (unpaired) electrons. The van der Waals surface area contributed by atoms with Gasteiger partial charge in [-0.15, -0.1) is 6.58 Å². The fraction of sp³-hybridized carbons (Fsp3) is 0.333. The molecule has 5 nitrogen and oxygen atoms in total. The number of benzene rings is 1. The summed E-state index contributed by atoms with van der Waals surface area (Å²) in [6.07, 6.45) is 6.36. The highest BCUT2D eigenvalue weighted by atomic mass is 32.2. The molecule has 1 aromatic carbocycles. The number of thioether (sulfide) groups is 1. The largest absolute Gasteiger partial charge is 0.497 e. The van der Waals surface area contributed by atoms with Crippen LogP contribution in [0.5, 0.6) is 5.75 Å². The summed E-state index contributed by atoms with van der Waals surface area (Å²) < 4.78 is 7.27. The van der Waals surface area contributed by atoms with Crippen LogP contribution in [0.4, 0.5) is 0 Å². The Bertz CT molecular complexity index is 711. The van der Waals surface area contributed by atoms with Crippen molar-refractivity contribution in [1.82, 2.24) is 14.5 Å². The van der Waals surface area contributed by atoms with Gasteiger partial charge in [0.25, 0.3) is 0 Å². The maximum absolute atomic E-state index is 12.4. The van der Waals surface area contributed by atoms with Crippen LogP contribution < -0.4 is 4.74 Å². The first-order chi connectivity index (χ1) is 11.7. The average molecular weight is 343 g/mol. The summed E-state index contributed by atoms with van der Waals surface area (Å²) in [5, 5.41) is 0.826. The number of ether oxygens (including phenoxy) is 1. The zero-order chi connectivity index (χ0) is 16.9. The van der Waals surface area contributed by atoms with Crippen LogP contribution in [0, 0.1) is 0 Å². The van der Waals surface area contributed by atoms with Crippen LogP contribution >= 0.6 is 11.8 Å². The van der Waals surface area contributed by atoms with Crippen molar-refractivity contribution < 1.29 is 9.53 Å². The fourth-order valence-electron chi connectivity index (χ4n) is 2.75. The van der Waals surface area contributed by atoms with E-state index in [0.717, 1.165) is 30.4 Å². The predicted molar refractivity (Wildman–Crippen MR) is 95.4 cm³/mol. The third kappa shape index (κ3) is 3.64. The molecule has 1 aromatic heterocycles. The van der Waals surface area contributed by atoms with E-state index in [0.29, 0.717) is 6.54 Å². The quantitative estimate of drug-likeness (QED) is 0.725. The maximum Gasteiger partial charge on any atom is 0.236 e. The molecule has 0 spiro atoms. The Labute approximate surface area is 146 Å². The number of likely N-dealkylation sites (tertiary alicyclic amines) is 1. The Hall–Kier alpha value is -2.21. The number of carbonyl (C=O) groups is 1. The number of amides is 1. The number of rotatable bonds is 7. The monoisotopic (exact) mass is 343 g/mol. The predicted octanol–water partition coefficient (Wildman–Crippen LogP) is 2.82. The number of methoxy groups -OCH3 is 1. The van der Waals surface area contributed by atoms with Gasteiger partial charge in [0, 0.05) is 32.0 Å². The van der Waals surface area contributed by atoms with E-state index in [1.165, 1.54) is 5.56 Å². The number of hydrogen-bond acceptors (Lipinski definition) is 4. The summed E-state index contributed by atoms with van der Waals surface area (Å²) in [5.41, 5.74) is 1.17. The first kappa shape index (κ1) is 16.6. The van der Waals surface area contributed by atoms with Gasteiger partial charge in [0.15, 0.2) is 5.16 Å². The number of aromatic nitrogens is 2. The number of nitrogens with zero attached hydrogens (tertiary/aromatic N) is 3. The summed E-state index contributed by atoms with van der Waals surface area (Å²) in [6, 6.07) is 7.99. The van der Waals surface area contributed by atoms with Crippen LogP contribution in [-0.4, -0.2) is 45.8 Å². The van der Waals surface area contributed by atoms with E-state index < -0.39 is 0 Å². The van der Waals surface area contributed by atoms with Gasteiger partial charge in [-0.25, -0.2) is 4.98 Å².